The minimum absolute atomic E-state index is 0.0596. The van der Waals surface area contributed by atoms with Crippen molar-refractivity contribution in [2.24, 2.45) is 17.6 Å². The van der Waals surface area contributed by atoms with E-state index in [1.807, 2.05) is 4.90 Å². The summed E-state index contributed by atoms with van der Waals surface area (Å²) < 4.78 is 0. The lowest BCUT2D eigenvalue weighted by Crippen LogP contribution is -2.55. The molecule has 1 saturated heterocycles. The van der Waals surface area contributed by atoms with Crippen LogP contribution in [-0.2, 0) is 4.79 Å². The Morgan fingerprint density at radius 3 is 2.61 bits per heavy atom. The van der Waals surface area contributed by atoms with Crippen LogP contribution in [0.15, 0.2) is 0 Å². The molecule has 0 aromatic carbocycles. The van der Waals surface area contributed by atoms with Gasteiger partial charge in [-0.05, 0) is 39.2 Å². The quantitative estimate of drug-likeness (QED) is 0.756. The van der Waals surface area contributed by atoms with E-state index in [2.05, 4.69) is 25.8 Å². The number of amides is 1. The molecule has 4 atom stereocenters. The highest BCUT2D eigenvalue weighted by atomic mass is 16.2. The van der Waals surface area contributed by atoms with Crippen LogP contribution in [0, 0.1) is 11.8 Å². The average molecular weight is 253 g/mol. The minimum Gasteiger partial charge on any atom is -0.340 e. The standard InChI is InChI=1S/C14H27N3O/c1-10-4-5-13(15)12(8-10)14(18)17-7-6-16(3)11(2)9-17/h10-13H,4-9,15H2,1-3H3. The predicted octanol–water partition coefficient (Wildman–Crippen LogP) is 0.912. The van der Waals surface area contributed by atoms with Crippen molar-refractivity contribution in [3.05, 3.63) is 0 Å². The van der Waals surface area contributed by atoms with Crippen LogP contribution in [-0.4, -0.2) is 54.5 Å². The zero-order valence-electron chi connectivity index (χ0n) is 11.9. The smallest absolute Gasteiger partial charge is 0.227 e. The van der Waals surface area contributed by atoms with Gasteiger partial charge in [0.2, 0.25) is 5.91 Å². The SMILES string of the molecule is CC1CCC(N)C(C(=O)N2CCN(C)C(C)C2)C1. The van der Waals surface area contributed by atoms with Crippen molar-refractivity contribution in [2.45, 2.75) is 45.2 Å². The van der Waals surface area contributed by atoms with Crippen molar-refractivity contribution in [3.63, 3.8) is 0 Å². The molecule has 18 heavy (non-hydrogen) atoms. The molecule has 0 radical (unpaired) electrons. The number of hydrogen-bond acceptors (Lipinski definition) is 3. The van der Waals surface area contributed by atoms with Gasteiger partial charge in [-0.3, -0.25) is 4.79 Å². The van der Waals surface area contributed by atoms with Crippen LogP contribution >= 0.6 is 0 Å². The Kier molecular flexibility index (Phi) is 4.28. The summed E-state index contributed by atoms with van der Waals surface area (Å²) in [4.78, 5) is 16.9. The molecule has 0 aromatic heterocycles. The Hall–Kier alpha value is -0.610. The van der Waals surface area contributed by atoms with Crippen LogP contribution in [0.2, 0.25) is 0 Å². The van der Waals surface area contributed by atoms with Crippen molar-refractivity contribution >= 4 is 5.91 Å². The van der Waals surface area contributed by atoms with Crippen molar-refractivity contribution in [3.8, 4) is 0 Å². The molecule has 1 saturated carbocycles. The van der Waals surface area contributed by atoms with E-state index in [4.69, 9.17) is 5.73 Å². The van der Waals surface area contributed by atoms with E-state index in [0.29, 0.717) is 17.9 Å². The minimum atomic E-state index is 0.0596. The number of hydrogen-bond donors (Lipinski definition) is 1. The zero-order valence-corrected chi connectivity index (χ0v) is 11.9. The number of carbonyl (C=O) groups excluding carboxylic acids is 1. The molecule has 104 valence electrons. The molecule has 1 aliphatic heterocycles. The fourth-order valence-electron chi connectivity index (χ4n) is 3.17. The highest BCUT2D eigenvalue weighted by Gasteiger charge is 2.35. The van der Waals surface area contributed by atoms with Gasteiger partial charge in [0, 0.05) is 31.7 Å². The van der Waals surface area contributed by atoms with Crippen LogP contribution < -0.4 is 5.73 Å². The molecule has 0 bridgehead atoms. The summed E-state index contributed by atoms with van der Waals surface area (Å²) >= 11 is 0. The van der Waals surface area contributed by atoms with E-state index in [1.54, 1.807) is 0 Å². The van der Waals surface area contributed by atoms with Gasteiger partial charge >= 0.3 is 0 Å². The van der Waals surface area contributed by atoms with E-state index in [0.717, 1.165) is 32.5 Å². The molecule has 4 unspecified atom stereocenters. The topological polar surface area (TPSA) is 49.6 Å². The summed E-state index contributed by atoms with van der Waals surface area (Å²) in [5.41, 5.74) is 6.15. The Balaban J connectivity index is 1.98. The molecule has 1 aliphatic carbocycles. The van der Waals surface area contributed by atoms with Crippen LogP contribution in [0.1, 0.15) is 33.1 Å². The second-order valence-corrected chi connectivity index (χ2v) is 6.30. The fourth-order valence-corrected chi connectivity index (χ4v) is 3.17. The van der Waals surface area contributed by atoms with E-state index < -0.39 is 0 Å². The Labute approximate surface area is 110 Å². The lowest BCUT2D eigenvalue weighted by Gasteiger charge is -2.41. The van der Waals surface area contributed by atoms with Crippen LogP contribution in [0.25, 0.3) is 0 Å². The van der Waals surface area contributed by atoms with Gasteiger partial charge in [0.1, 0.15) is 0 Å². The summed E-state index contributed by atoms with van der Waals surface area (Å²) in [5, 5.41) is 0. The lowest BCUT2D eigenvalue weighted by molar-refractivity contribution is -0.140. The van der Waals surface area contributed by atoms with Gasteiger partial charge in [0.15, 0.2) is 0 Å². The molecule has 0 aromatic rings. The summed E-state index contributed by atoms with van der Waals surface area (Å²) in [7, 11) is 2.13. The Morgan fingerprint density at radius 1 is 1.22 bits per heavy atom. The van der Waals surface area contributed by atoms with Gasteiger partial charge in [-0.25, -0.2) is 0 Å². The molecule has 2 rings (SSSR count). The molecule has 0 spiro atoms. The normalized spacial score (nSPS) is 38.8. The summed E-state index contributed by atoms with van der Waals surface area (Å²) in [6.07, 6.45) is 3.14. The second-order valence-electron chi connectivity index (χ2n) is 6.30. The molecule has 2 aliphatic rings. The molecule has 4 nitrogen and oxygen atoms in total. The van der Waals surface area contributed by atoms with Crippen molar-refractivity contribution in [1.82, 2.24) is 9.80 Å². The second kappa shape index (κ2) is 5.57. The van der Waals surface area contributed by atoms with Gasteiger partial charge in [0.05, 0.1) is 5.92 Å². The maximum atomic E-state index is 12.6. The molecular weight excluding hydrogens is 226 g/mol. The fraction of sp³-hybridized carbons (Fsp3) is 0.929. The van der Waals surface area contributed by atoms with Crippen molar-refractivity contribution in [1.29, 1.82) is 0 Å². The number of nitrogens with two attached hydrogens (primary N) is 1. The highest BCUT2D eigenvalue weighted by Crippen LogP contribution is 2.29. The molecule has 1 amide bonds. The van der Waals surface area contributed by atoms with E-state index in [1.165, 1.54) is 6.42 Å². The monoisotopic (exact) mass is 253 g/mol. The molecule has 1 heterocycles. The first-order valence-corrected chi connectivity index (χ1v) is 7.23. The third-order valence-corrected chi connectivity index (χ3v) is 4.75. The van der Waals surface area contributed by atoms with Crippen LogP contribution in [0.4, 0.5) is 0 Å². The maximum Gasteiger partial charge on any atom is 0.227 e. The first-order valence-electron chi connectivity index (χ1n) is 7.23. The number of rotatable bonds is 1. The van der Waals surface area contributed by atoms with Gasteiger partial charge in [-0.1, -0.05) is 6.92 Å². The van der Waals surface area contributed by atoms with Crippen molar-refractivity contribution < 1.29 is 4.79 Å². The maximum absolute atomic E-state index is 12.6. The Morgan fingerprint density at radius 2 is 1.94 bits per heavy atom. The number of piperazine rings is 1. The van der Waals surface area contributed by atoms with Crippen molar-refractivity contribution in [2.75, 3.05) is 26.7 Å². The largest absolute Gasteiger partial charge is 0.340 e. The van der Waals surface area contributed by atoms with Gasteiger partial charge in [-0.2, -0.15) is 0 Å². The first-order chi connectivity index (χ1) is 8.49. The van der Waals surface area contributed by atoms with Crippen LogP contribution in [0.5, 0.6) is 0 Å². The van der Waals surface area contributed by atoms with E-state index in [-0.39, 0.29) is 12.0 Å². The van der Waals surface area contributed by atoms with E-state index >= 15 is 0 Å². The predicted molar refractivity (Wildman–Crippen MR) is 73.2 cm³/mol. The number of carbonyl (C=O) groups is 1. The average Bonchev–Trinajstić information content (AvgIpc) is 2.35. The summed E-state index contributed by atoms with van der Waals surface area (Å²) in [5.74, 6) is 1.00. The number of likely N-dealkylation sites (N-methyl/N-ethyl adjacent to an activating group) is 1. The summed E-state index contributed by atoms with van der Waals surface area (Å²) in [6, 6.07) is 0.531. The molecule has 2 N–H and O–H groups in total. The van der Waals surface area contributed by atoms with Gasteiger partial charge in [-0.15, -0.1) is 0 Å². The summed E-state index contributed by atoms with van der Waals surface area (Å²) in [6.45, 7) is 7.11. The van der Waals surface area contributed by atoms with Gasteiger partial charge < -0.3 is 15.5 Å². The lowest BCUT2D eigenvalue weighted by atomic mass is 9.78. The van der Waals surface area contributed by atoms with E-state index in [9.17, 15) is 4.79 Å². The van der Waals surface area contributed by atoms with Gasteiger partial charge in [0.25, 0.3) is 0 Å². The molecular formula is C14H27N3O. The number of nitrogens with zero attached hydrogens (tertiary/aromatic N) is 2. The Bertz CT molecular complexity index is 307. The molecule has 2 fully saturated rings. The first kappa shape index (κ1) is 13.8. The highest BCUT2D eigenvalue weighted by molar-refractivity contribution is 5.80. The third-order valence-electron chi connectivity index (χ3n) is 4.75. The van der Waals surface area contributed by atoms with Crippen LogP contribution in [0.3, 0.4) is 0 Å². The molecule has 4 heteroatoms. The third kappa shape index (κ3) is 2.86. The zero-order chi connectivity index (χ0) is 13.3.